The first-order valence-electron chi connectivity index (χ1n) is 5.93. The molecule has 1 heterocycles. The Kier molecular flexibility index (Phi) is 4.34. The Balaban J connectivity index is 2.24. The van der Waals surface area contributed by atoms with Crippen LogP contribution >= 0.6 is 0 Å². The quantitative estimate of drug-likeness (QED) is 0.452. The van der Waals surface area contributed by atoms with Crippen LogP contribution in [0.5, 0.6) is 0 Å². The number of nitro benzene ring substituents is 1. The molecule has 0 unspecified atom stereocenters. The molecule has 0 fully saturated rings. The number of rotatable bonds is 6. The number of nitrogens with zero attached hydrogens (tertiary/aromatic N) is 3. The Morgan fingerprint density at radius 3 is 2.76 bits per heavy atom. The van der Waals surface area contributed by atoms with Gasteiger partial charge in [0.1, 0.15) is 0 Å². The summed E-state index contributed by atoms with van der Waals surface area (Å²) >= 11 is 0. The first-order valence-corrected chi connectivity index (χ1v) is 7.75. The van der Waals surface area contributed by atoms with Crippen molar-refractivity contribution in [3.8, 4) is 0 Å². The van der Waals surface area contributed by atoms with Crippen LogP contribution in [0.4, 0.5) is 5.69 Å². The summed E-state index contributed by atoms with van der Waals surface area (Å²) in [4.78, 5) is 10.5. The fourth-order valence-electron chi connectivity index (χ4n) is 1.75. The van der Waals surface area contributed by atoms with E-state index in [-0.39, 0.29) is 17.9 Å². The van der Waals surface area contributed by atoms with Gasteiger partial charge in [0.15, 0.2) is 0 Å². The van der Waals surface area contributed by atoms with Gasteiger partial charge < -0.3 is 0 Å². The number of nitro groups is 1. The van der Waals surface area contributed by atoms with Gasteiger partial charge >= 0.3 is 0 Å². The van der Waals surface area contributed by atoms with E-state index in [0.29, 0.717) is 12.1 Å². The SMILES string of the molecule is CS(=O)(=O)OCc1ccc(Cn2cccn2)cc1[N+](=O)[O-]. The molecule has 0 saturated heterocycles. The maximum Gasteiger partial charge on any atom is 0.275 e. The molecule has 0 aliphatic rings. The van der Waals surface area contributed by atoms with Crippen molar-refractivity contribution in [2.45, 2.75) is 13.2 Å². The van der Waals surface area contributed by atoms with E-state index in [1.165, 1.54) is 12.1 Å². The van der Waals surface area contributed by atoms with Gasteiger partial charge in [0.2, 0.25) is 0 Å². The number of hydrogen-bond donors (Lipinski definition) is 0. The average Bonchev–Trinajstić information content (AvgIpc) is 2.89. The number of hydrogen-bond acceptors (Lipinski definition) is 6. The molecule has 0 radical (unpaired) electrons. The molecule has 0 saturated carbocycles. The molecule has 1 aromatic carbocycles. The maximum atomic E-state index is 11.1. The van der Waals surface area contributed by atoms with Gasteiger partial charge in [-0.2, -0.15) is 13.5 Å². The van der Waals surface area contributed by atoms with Crippen molar-refractivity contribution >= 4 is 15.8 Å². The first-order chi connectivity index (χ1) is 9.85. The summed E-state index contributed by atoms with van der Waals surface area (Å²) in [7, 11) is -3.65. The molecule has 0 aliphatic heterocycles. The molecule has 2 aromatic rings. The minimum atomic E-state index is -3.65. The molecule has 0 spiro atoms. The molecule has 2 rings (SSSR count). The second kappa shape index (κ2) is 6.02. The van der Waals surface area contributed by atoms with E-state index in [2.05, 4.69) is 9.28 Å². The van der Waals surface area contributed by atoms with E-state index in [1.807, 2.05) is 0 Å². The average molecular weight is 311 g/mol. The van der Waals surface area contributed by atoms with Crippen LogP contribution in [0.25, 0.3) is 0 Å². The lowest BCUT2D eigenvalue weighted by molar-refractivity contribution is -0.385. The van der Waals surface area contributed by atoms with Gasteiger partial charge in [-0.05, 0) is 17.7 Å². The van der Waals surface area contributed by atoms with E-state index >= 15 is 0 Å². The predicted molar refractivity (Wildman–Crippen MR) is 74.1 cm³/mol. The van der Waals surface area contributed by atoms with E-state index in [0.717, 1.165) is 6.26 Å². The zero-order valence-corrected chi connectivity index (χ0v) is 12.0. The molecular weight excluding hydrogens is 298 g/mol. The second-order valence-corrected chi connectivity index (χ2v) is 6.03. The highest BCUT2D eigenvalue weighted by atomic mass is 32.2. The van der Waals surface area contributed by atoms with Gasteiger partial charge in [-0.15, -0.1) is 0 Å². The van der Waals surface area contributed by atoms with Gasteiger partial charge in [-0.25, -0.2) is 0 Å². The van der Waals surface area contributed by atoms with E-state index in [1.54, 1.807) is 29.2 Å². The van der Waals surface area contributed by atoms with Gasteiger partial charge in [0.25, 0.3) is 15.8 Å². The van der Waals surface area contributed by atoms with Crippen molar-refractivity contribution in [1.82, 2.24) is 9.78 Å². The zero-order chi connectivity index (χ0) is 15.5. The number of aromatic nitrogens is 2. The molecule has 1 aromatic heterocycles. The normalized spacial score (nSPS) is 11.5. The van der Waals surface area contributed by atoms with E-state index < -0.39 is 15.0 Å². The highest BCUT2D eigenvalue weighted by Crippen LogP contribution is 2.22. The lowest BCUT2D eigenvalue weighted by atomic mass is 10.1. The third-order valence-corrected chi connectivity index (χ3v) is 3.22. The fraction of sp³-hybridized carbons (Fsp3) is 0.250. The molecule has 21 heavy (non-hydrogen) atoms. The first kappa shape index (κ1) is 15.1. The lowest BCUT2D eigenvalue weighted by Gasteiger charge is -2.06. The largest absolute Gasteiger partial charge is 0.275 e. The Labute approximate surface area is 121 Å². The standard InChI is InChI=1S/C12H13N3O5S/c1-21(18,19)20-9-11-4-3-10(7-12(11)15(16)17)8-14-6-2-5-13-14/h2-7H,8-9H2,1H3. The smallest absolute Gasteiger partial charge is 0.268 e. The summed E-state index contributed by atoms with van der Waals surface area (Å²) in [6.45, 7) is 0.0260. The van der Waals surface area contributed by atoms with Crippen LogP contribution in [0.2, 0.25) is 0 Å². The Hall–Kier alpha value is -2.26. The lowest BCUT2D eigenvalue weighted by Crippen LogP contribution is -2.06. The summed E-state index contributed by atoms with van der Waals surface area (Å²) in [6, 6.07) is 6.31. The molecule has 0 amide bonds. The van der Waals surface area contributed by atoms with Crippen molar-refractivity contribution < 1.29 is 17.5 Å². The molecule has 8 nitrogen and oxygen atoms in total. The van der Waals surface area contributed by atoms with Crippen molar-refractivity contribution in [2.75, 3.05) is 6.26 Å². The summed E-state index contributed by atoms with van der Waals surface area (Å²) in [6.07, 6.45) is 4.25. The predicted octanol–water partition coefficient (Wildman–Crippen LogP) is 1.32. The van der Waals surface area contributed by atoms with Crippen molar-refractivity contribution in [3.05, 3.63) is 57.9 Å². The third kappa shape index (κ3) is 4.36. The Bertz CT molecular complexity index is 740. The van der Waals surface area contributed by atoms with Crippen molar-refractivity contribution in [2.24, 2.45) is 0 Å². The van der Waals surface area contributed by atoms with Crippen LogP contribution < -0.4 is 0 Å². The fourth-order valence-corrected chi connectivity index (χ4v) is 2.09. The summed E-state index contributed by atoms with van der Waals surface area (Å²) in [5.74, 6) is 0. The van der Waals surface area contributed by atoms with Gasteiger partial charge in [0, 0.05) is 18.5 Å². The van der Waals surface area contributed by atoms with Crippen LogP contribution in [0.15, 0.2) is 36.7 Å². The van der Waals surface area contributed by atoms with E-state index in [4.69, 9.17) is 0 Å². The van der Waals surface area contributed by atoms with Crippen LogP contribution in [0.3, 0.4) is 0 Å². The summed E-state index contributed by atoms with van der Waals surface area (Å²) in [5, 5.41) is 15.1. The number of benzene rings is 1. The molecule has 0 atom stereocenters. The van der Waals surface area contributed by atoms with Gasteiger partial charge in [-0.1, -0.05) is 6.07 Å². The summed E-state index contributed by atoms with van der Waals surface area (Å²) in [5.41, 5.74) is 0.714. The molecule has 0 N–H and O–H groups in total. The molecule has 0 aliphatic carbocycles. The highest BCUT2D eigenvalue weighted by Gasteiger charge is 2.16. The molecule has 0 bridgehead atoms. The Morgan fingerprint density at radius 2 is 2.19 bits per heavy atom. The third-order valence-electron chi connectivity index (χ3n) is 2.68. The maximum absolute atomic E-state index is 11.1. The minimum Gasteiger partial charge on any atom is -0.268 e. The molecular formula is C12H13N3O5S. The monoisotopic (exact) mass is 311 g/mol. The van der Waals surface area contributed by atoms with Gasteiger partial charge in [0.05, 0.1) is 29.9 Å². The molecule has 9 heteroatoms. The molecule has 112 valence electrons. The zero-order valence-electron chi connectivity index (χ0n) is 11.2. The second-order valence-electron chi connectivity index (χ2n) is 4.39. The van der Waals surface area contributed by atoms with Crippen LogP contribution in [0.1, 0.15) is 11.1 Å². The van der Waals surface area contributed by atoms with E-state index in [9.17, 15) is 18.5 Å². The van der Waals surface area contributed by atoms with Gasteiger partial charge in [-0.3, -0.25) is 19.0 Å². The van der Waals surface area contributed by atoms with Crippen molar-refractivity contribution in [1.29, 1.82) is 0 Å². The van der Waals surface area contributed by atoms with Crippen LogP contribution in [-0.4, -0.2) is 29.4 Å². The van der Waals surface area contributed by atoms with Crippen LogP contribution in [-0.2, 0) is 27.5 Å². The summed E-state index contributed by atoms with van der Waals surface area (Å²) < 4.78 is 28.2. The minimum absolute atomic E-state index is 0.177. The topological polar surface area (TPSA) is 104 Å². The van der Waals surface area contributed by atoms with Crippen molar-refractivity contribution in [3.63, 3.8) is 0 Å². The Morgan fingerprint density at radius 1 is 1.43 bits per heavy atom. The highest BCUT2D eigenvalue weighted by molar-refractivity contribution is 7.85. The van der Waals surface area contributed by atoms with Crippen LogP contribution in [0, 0.1) is 10.1 Å².